The summed E-state index contributed by atoms with van der Waals surface area (Å²) in [6, 6.07) is 22.0. The number of hydrogen-bond acceptors (Lipinski definition) is 2. The highest BCUT2D eigenvalue weighted by Crippen LogP contribution is 2.36. The van der Waals surface area contributed by atoms with Gasteiger partial charge in [0.2, 0.25) is 11.8 Å². The van der Waals surface area contributed by atoms with E-state index in [1.54, 1.807) is 30.3 Å². The maximum absolute atomic E-state index is 13.6. The zero-order valence-electron chi connectivity index (χ0n) is 17.2. The number of carbonyl (C=O) groups excluding carboxylic acids is 2. The van der Waals surface area contributed by atoms with Gasteiger partial charge in [0.15, 0.2) is 0 Å². The summed E-state index contributed by atoms with van der Waals surface area (Å²) in [7, 11) is 0. The van der Waals surface area contributed by atoms with Gasteiger partial charge in [0.1, 0.15) is 0 Å². The van der Waals surface area contributed by atoms with Crippen molar-refractivity contribution in [1.29, 1.82) is 0 Å². The average Bonchev–Trinajstić information content (AvgIpc) is 2.80. The van der Waals surface area contributed by atoms with E-state index in [0.29, 0.717) is 12.0 Å². The van der Waals surface area contributed by atoms with Gasteiger partial charge in [-0.05, 0) is 29.2 Å². The van der Waals surface area contributed by atoms with E-state index in [0.717, 1.165) is 11.6 Å². The van der Waals surface area contributed by atoms with Gasteiger partial charge in [-0.15, -0.1) is 0 Å². The van der Waals surface area contributed by atoms with Crippen LogP contribution in [0.5, 0.6) is 0 Å². The third kappa shape index (κ3) is 6.44. The molecule has 2 amide bonds. The van der Waals surface area contributed by atoms with Crippen molar-refractivity contribution in [2.45, 2.75) is 25.1 Å². The minimum atomic E-state index is -4.57. The van der Waals surface area contributed by atoms with Crippen LogP contribution in [0.25, 0.3) is 0 Å². The summed E-state index contributed by atoms with van der Waals surface area (Å²) in [4.78, 5) is 24.6. The van der Waals surface area contributed by atoms with E-state index < -0.39 is 23.7 Å². The Balaban J connectivity index is 1.68. The Labute approximate surface area is 184 Å². The topological polar surface area (TPSA) is 58.2 Å². The van der Waals surface area contributed by atoms with Crippen LogP contribution >= 0.6 is 0 Å². The SMILES string of the molecule is O=C(CCc1ccccc1)NCC(=O)NC(c1ccccc1)c1ccccc1C(F)(F)F. The largest absolute Gasteiger partial charge is 0.416 e. The molecule has 166 valence electrons. The van der Waals surface area contributed by atoms with Crippen LogP contribution in [-0.2, 0) is 22.2 Å². The first-order chi connectivity index (χ1) is 15.3. The van der Waals surface area contributed by atoms with Crippen molar-refractivity contribution >= 4 is 11.8 Å². The van der Waals surface area contributed by atoms with Crippen LogP contribution < -0.4 is 10.6 Å². The van der Waals surface area contributed by atoms with Gasteiger partial charge in [-0.25, -0.2) is 0 Å². The van der Waals surface area contributed by atoms with E-state index in [1.165, 1.54) is 18.2 Å². The Morgan fingerprint density at radius 2 is 1.38 bits per heavy atom. The lowest BCUT2D eigenvalue weighted by Gasteiger charge is -2.23. The molecule has 0 heterocycles. The predicted molar refractivity (Wildman–Crippen MR) is 116 cm³/mol. The number of hydrogen-bond donors (Lipinski definition) is 2. The number of halogens is 3. The molecule has 3 rings (SSSR count). The van der Waals surface area contributed by atoms with Gasteiger partial charge < -0.3 is 10.6 Å². The summed E-state index contributed by atoms with van der Waals surface area (Å²) in [5, 5.41) is 5.17. The third-order valence-electron chi connectivity index (χ3n) is 4.95. The van der Waals surface area contributed by atoms with Crippen LogP contribution in [0, 0.1) is 0 Å². The molecule has 0 aliphatic rings. The van der Waals surface area contributed by atoms with Crippen molar-refractivity contribution in [2.24, 2.45) is 0 Å². The van der Waals surface area contributed by atoms with Crippen LogP contribution in [-0.4, -0.2) is 18.4 Å². The van der Waals surface area contributed by atoms with Gasteiger partial charge in [-0.2, -0.15) is 13.2 Å². The highest BCUT2D eigenvalue weighted by molar-refractivity contribution is 5.85. The second-order valence-electron chi connectivity index (χ2n) is 7.26. The molecule has 0 saturated carbocycles. The summed E-state index contributed by atoms with van der Waals surface area (Å²) in [6.07, 6.45) is -3.84. The second-order valence-corrected chi connectivity index (χ2v) is 7.26. The first-order valence-electron chi connectivity index (χ1n) is 10.2. The molecular formula is C25H23F3N2O2. The average molecular weight is 440 g/mol. The fraction of sp³-hybridized carbons (Fsp3) is 0.200. The Bertz CT molecular complexity index is 1040. The van der Waals surface area contributed by atoms with E-state index in [4.69, 9.17) is 0 Å². The van der Waals surface area contributed by atoms with Crippen LogP contribution in [0.3, 0.4) is 0 Å². The normalized spacial score (nSPS) is 12.1. The fourth-order valence-corrected chi connectivity index (χ4v) is 3.37. The minimum absolute atomic E-state index is 0.0602. The highest BCUT2D eigenvalue weighted by Gasteiger charge is 2.35. The molecule has 3 aromatic carbocycles. The zero-order chi connectivity index (χ0) is 23.0. The zero-order valence-corrected chi connectivity index (χ0v) is 17.2. The molecule has 0 radical (unpaired) electrons. The summed E-state index contributed by atoms with van der Waals surface area (Å²) in [5.41, 5.74) is 0.629. The third-order valence-corrected chi connectivity index (χ3v) is 4.95. The van der Waals surface area contributed by atoms with Crippen molar-refractivity contribution in [1.82, 2.24) is 10.6 Å². The standard InChI is InChI=1S/C25H23F3N2O2/c26-25(27,28)21-14-8-7-13-20(21)24(19-11-5-2-6-12-19)30-23(32)17-29-22(31)16-15-18-9-3-1-4-10-18/h1-14,24H,15-17H2,(H,29,31)(H,30,32). The van der Waals surface area contributed by atoms with Crippen LogP contribution in [0.4, 0.5) is 13.2 Å². The summed E-state index contributed by atoms with van der Waals surface area (Å²) in [5.74, 6) is -0.889. The predicted octanol–water partition coefficient (Wildman–Crippen LogP) is 4.66. The molecule has 1 atom stereocenters. The van der Waals surface area contributed by atoms with E-state index in [2.05, 4.69) is 10.6 Å². The molecule has 0 aliphatic carbocycles. The molecule has 7 heteroatoms. The van der Waals surface area contributed by atoms with Crippen LogP contribution in [0.15, 0.2) is 84.9 Å². The molecule has 32 heavy (non-hydrogen) atoms. The minimum Gasteiger partial charge on any atom is -0.347 e. The Kier molecular flexibility index (Phi) is 7.65. The lowest BCUT2D eigenvalue weighted by atomic mass is 9.94. The van der Waals surface area contributed by atoms with Gasteiger partial charge in [-0.1, -0.05) is 78.9 Å². The lowest BCUT2D eigenvalue weighted by molar-refractivity contribution is -0.138. The Hall–Kier alpha value is -3.61. The van der Waals surface area contributed by atoms with Crippen molar-refractivity contribution < 1.29 is 22.8 Å². The number of rotatable bonds is 8. The number of carbonyl (C=O) groups is 2. The molecule has 0 saturated heterocycles. The van der Waals surface area contributed by atoms with E-state index in [9.17, 15) is 22.8 Å². The molecule has 3 aromatic rings. The summed E-state index contributed by atoms with van der Waals surface area (Å²) in [6.45, 7) is -0.328. The first-order valence-corrected chi connectivity index (χ1v) is 10.2. The molecule has 0 fully saturated rings. The molecule has 0 aromatic heterocycles. The number of aryl methyl sites for hydroxylation is 1. The maximum Gasteiger partial charge on any atom is 0.416 e. The number of amides is 2. The lowest BCUT2D eigenvalue weighted by Crippen LogP contribution is -2.39. The number of benzene rings is 3. The van der Waals surface area contributed by atoms with Crippen LogP contribution in [0.2, 0.25) is 0 Å². The van der Waals surface area contributed by atoms with Gasteiger partial charge in [0, 0.05) is 6.42 Å². The molecule has 1 unspecified atom stereocenters. The fourth-order valence-electron chi connectivity index (χ4n) is 3.37. The van der Waals surface area contributed by atoms with E-state index >= 15 is 0 Å². The number of alkyl halides is 3. The summed E-state index contributed by atoms with van der Waals surface area (Å²) < 4.78 is 40.7. The molecule has 0 bridgehead atoms. The van der Waals surface area contributed by atoms with Crippen molar-refractivity contribution in [3.05, 3.63) is 107 Å². The van der Waals surface area contributed by atoms with Crippen molar-refractivity contribution in [2.75, 3.05) is 6.54 Å². The molecule has 4 nitrogen and oxygen atoms in total. The van der Waals surface area contributed by atoms with E-state index in [1.807, 2.05) is 30.3 Å². The van der Waals surface area contributed by atoms with E-state index in [-0.39, 0.29) is 24.4 Å². The Morgan fingerprint density at radius 1 is 0.781 bits per heavy atom. The van der Waals surface area contributed by atoms with Crippen molar-refractivity contribution in [3.8, 4) is 0 Å². The molecular weight excluding hydrogens is 417 g/mol. The van der Waals surface area contributed by atoms with Crippen molar-refractivity contribution in [3.63, 3.8) is 0 Å². The monoisotopic (exact) mass is 440 g/mol. The van der Waals surface area contributed by atoms with Gasteiger partial charge >= 0.3 is 6.18 Å². The van der Waals surface area contributed by atoms with Gasteiger partial charge in [0.05, 0.1) is 18.2 Å². The smallest absolute Gasteiger partial charge is 0.347 e. The molecule has 2 N–H and O–H groups in total. The first kappa shape index (κ1) is 23.1. The highest BCUT2D eigenvalue weighted by atomic mass is 19.4. The molecule has 0 spiro atoms. The number of nitrogens with one attached hydrogen (secondary N) is 2. The Morgan fingerprint density at radius 3 is 2.03 bits per heavy atom. The second kappa shape index (κ2) is 10.6. The molecule has 0 aliphatic heterocycles. The van der Waals surface area contributed by atoms with Gasteiger partial charge in [-0.3, -0.25) is 9.59 Å². The maximum atomic E-state index is 13.6. The quantitative estimate of drug-likeness (QED) is 0.535. The van der Waals surface area contributed by atoms with Crippen LogP contribution in [0.1, 0.15) is 34.7 Å². The summed E-state index contributed by atoms with van der Waals surface area (Å²) >= 11 is 0. The van der Waals surface area contributed by atoms with Gasteiger partial charge in [0.25, 0.3) is 0 Å².